The molecule has 102 valence electrons. The molecule has 0 aliphatic rings. The first-order valence-electron chi connectivity index (χ1n) is 6.21. The van der Waals surface area contributed by atoms with Crippen molar-refractivity contribution < 1.29 is 14.6 Å². The molecule has 2 atom stereocenters. The monoisotopic (exact) mass is 253 g/mol. The molecule has 2 N–H and O–H groups in total. The third-order valence-corrected chi connectivity index (χ3v) is 2.88. The summed E-state index contributed by atoms with van der Waals surface area (Å²) >= 11 is 0. The van der Waals surface area contributed by atoms with E-state index in [-0.39, 0.29) is 6.04 Å². The molecule has 18 heavy (non-hydrogen) atoms. The van der Waals surface area contributed by atoms with Crippen molar-refractivity contribution in [2.24, 2.45) is 0 Å². The minimum Gasteiger partial charge on any atom is -0.497 e. The molecular weight excluding hydrogens is 230 g/mol. The normalized spacial score (nSPS) is 14.2. The Balaban J connectivity index is 2.37. The molecule has 1 aromatic rings. The number of aliphatic hydroxyl groups is 1. The third-order valence-electron chi connectivity index (χ3n) is 2.88. The highest BCUT2D eigenvalue weighted by molar-refractivity contribution is 5.30. The van der Waals surface area contributed by atoms with E-state index in [9.17, 15) is 5.11 Å². The van der Waals surface area contributed by atoms with Gasteiger partial charge in [0.15, 0.2) is 0 Å². The smallest absolute Gasteiger partial charge is 0.119 e. The highest BCUT2D eigenvalue weighted by Gasteiger charge is 2.07. The predicted octanol–water partition coefficient (Wildman–Crippen LogP) is 1.74. The fraction of sp³-hybridized carbons (Fsp3) is 0.571. The molecule has 0 spiro atoms. The number of hydrogen-bond donors (Lipinski definition) is 2. The summed E-state index contributed by atoms with van der Waals surface area (Å²) in [7, 11) is 3.26. The van der Waals surface area contributed by atoms with E-state index in [0.29, 0.717) is 13.0 Å². The van der Waals surface area contributed by atoms with Gasteiger partial charge in [-0.2, -0.15) is 0 Å². The molecule has 4 nitrogen and oxygen atoms in total. The van der Waals surface area contributed by atoms with Crippen LogP contribution in [0.3, 0.4) is 0 Å². The SMILES string of the molecule is COCC(O)CCNC(C)c1cccc(OC)c1. The van der Waals surface area contributed by atoms with Crippen LogP contribution in [0.25, 0.3) is 0 Å². The van der Waals surface area contributed by atoms with Gasteiger partial charge < -0.3 is 19.9 Å². The number of ether oxygens (including phenoxy) is 2. The molecule has 0 bridgehead atoms. The molecule has 1 aromatic carbocycles. The minimum absolute atomic E-state index is 0.231. The summed E-state index contributed by atoms with van der Waals surface area (Å²) in [5.74, 6) is 0.862. The third kappa shape index (κ3) is 5.04. The van der Waals surface area contributed by atoms with Crippen LogP contribution in [-0.4, -0.2) is 38.6 Å². The van der Waals surface area contributed by atoms with E-state index in [1.165, 1.54) is 5.56 Å². The molecular formula is C14H23NO3. The van der Waals surface area contributed by atoms with Gasteiger partial charge in [-0.25, -0.2) is 0 Å². The Hall–Kier alpha value is -1.10. The average Bonchev–Trinajstić information content (AvgIpc) is 2.39. The lowest BCUT2D eigenvalue weighted by Crippen LogP contribution is -2.25. The van der Waals surface area contributed by atoms with Crippen LogP contribution >= 0.6 is 0 Å². The maximum Gasteiger partial charge on any atom is 0.119 e. The van der Waals surface area contributed by atoms with Gasteiger partial charge in [0.25, 0.3) is 0 Å². The van der Waals surface area contributed by atoms with E-state index < -0.39 is 6.10 Å². The molecule has 0 aliphatic heterocycles. The molecule has 0 amide bonds. The van der Waals surface area contributed by atoms with Crippen molar-refractivity contribution in [1.82, 2.24) is 5.32 Å². The molecule has 4 heteroatoms. The second-order valence-corrected chi connectivity index (χ2v) is 4.35. The molecule has 0 saturated carbocycles. The van der Waals surface area contributed by atoms with Crippen LogP contribution in [0, 0.1) is 0 Å². The van der Waals surface area contributed by atoms with Crippen molar-refractivity contribution in [3.05, 3.63) is 29.8 Å². The zero-order chi connectivity index (χ0) is 13.4. The number of hydrogen-bond acceptors (Lipinski definition) is 4. The summed E-state index contributed by atoms with van der Waals surface area (Å²) in [4.78, 5) is 0. The highest BCUT2D eigenvalue weighted by Crippen LogP contribution is 2.18. The summed E-state index contributed by atoms with van der Waals surface area (Å²) in [5.41, 5.74) is 1.18. The number of benzene rings is 1. The lowest BCUT2D eigenvalue weighted by Gasteiger charge is -2.16. The second-order valence-electron chi connectivity index (χ2n) is 4.35. The van der Waals surface area contributed by atoms with E-state index in [4.69, 9.17) is 9.47 Å². The number of rotatable bonds is 8. The Morgan fingerprint density at radius 3 is 2.78 bits per heavy atom. The van der Waals surface area contributed by atoms with Crippen molar-refractivity contribution in [2.45, 2.75) is 25.5 Å². The Morgan fingerprint density at radius 2 is 2.11 bits per heavy atom. The largest absolute Gasteiger partial charge is 0.497 e. The molecule has 0 heterocycles. The minimum atomic E-state index is -0.403. The topological polar surface area (TPSA) is 50.7 Å². The van der Waals surface area contributed by atoms with E-state index in [1.54, 1.807) is 14.2 Å². The van der Waals surface area contributed by atoms with Crippen LogP contribution in [0.4, 0.5) is 0 Å². The zero-order valence-electron chi connectivity index (χ0n) is 11.3. The molecule has 0 saturated heterocycles. The summed E-state index contributed by atoms with van der Waals surface area (Å²) < 4.78 is 10.1. The molecule has 1 rings (SSSR count). The van der Waals surface area contributed by atoms with Crippen LogP contribution in [0.2, 0.25) is 0 Å². The Bertz CT molecular complexity index is 344. The van der Waals surface area contributed by atoms with Gasteiger partial charge in [-0.3, -0.25) is 0 Å². The maximum absolute atomic E-state index is 9.53. The summed E-state index contributed by atoms with van der Waals surface area (Å²) in [5, 5.41) is 12.9. The lowest BCUT2D eigenvalue weighted by molar-refractivity contribution is 0.0590. The van der Waals surface area contributed by atoms with Crippen LogP contribution in [0.15, 0.2) is 24.3 Å². The van der Waals surface area contributed by atoms with Crippen molar-refractivity contribution in [3.8, 4) is 5.75 Å². The Morgan fingerprint density at radius 1 is 1.33 bits per heavy atom. The van der Waals surface area contributed by atoms with Crippen LogP contribution < -0.4 is 10.1 Å². The molecule has 0 fully saturated rings. The zero-order valence-corrected chi connectivity index (χ0v) is 11.3. The van der Waals surface area contributed by atoms with Crippen LogP contribution in [-0.2, 0) is 4.74 Å². The van der Waals surface area contributed by atoms with Gasteiger partial charge in [0.1, 0.15) is 5.75 Å². The van der Waals surface area contributed by atoms with Gasteiger partial charge >= 0.3 is 0 Å². The molecule has 2 unspecified atom stereocenters. The first-order valence-corrected chi connectivity index (χ1v) is 6.21. The number of nitrogens with one attached hydrogen (secondary N) is 1. The van der Waals surface area contributed by atoms with E-state index in [1.807, 2.05) is 18.2 Å². The summed E-state index contributed by atoms with van der Waals surface area (Å²) in [6.07, 6.45) is 0.280. The van der Waals surface area contributed by atoms with Crippen LogP contribution in [0.1, 0.15) is 24.9 Å². The number of aliphatic hydroxyl groups excluding tert-OH is 1. The predicted molar refractivity (Wildman–Crippen MR) is 71.9 cm³/mol. The van der Waals surface area contributed by atoms with Gasteiger partial charge in [-0.05, 0) is 37.6 Å². The quantitative estimate of drug-likeness (QED) is 0.741. The fourth-order valence-corrected chi connectivity index (χ4v) is 1.77. The maximum atomic E-state index is 9.53. The Labute approximate surface area is 109 Å². The average molecular weight is 253 g/mol. The first kappa shape index (κ1) is 15.0. The lowest BCUT2D eigenvalue weighted by atomic mass is 10.1. The summed E-state index contributed by atoms with van der Waals surface area (Å²) in [6, 6.07) is 8.22. The van der Waals surface area contributed by atoms with Crippen LogP contribution in [0.5, 0.6) is 5.75 Å². The van der Waals surface area contributed by atoms with E-state index in [2.05, 4.69) is 18.3 Å². The van der Waals surface area contributed by atoms with Crippen molar-refractivity contribution in [1.29, 1.82) is 0 Å². The van der Waals surface area contributed by atoms with Gasteiger partial charge in [-0.1, -0.05) is 12.1 Å². The van der Waals surface area contributed by atoms with Gasteiger partial charge in [0.2, 0.25) is 0 Å². The fourth-order valence-electron chi connectivity index (χ4n) is 1.77. The molecule has 0 aromatic heterocycles. The van der Waals surface area contributed by atoms with Crippen molar-refractivity contribution >= 4 is 0 Å². The van der Waals surface area contributed by atoms with Crippen molar-refractivity contribution in [3.63, 3.8) is 0 Å². The van der Waals surface area contributed by atoms with E-state index in [0.717, 1.165) is 12.3 Å². The van der Waals surface area contributed by atoms with Gasteiger partial charge in [0, 0.05) is 13.2 Å². The molecule has 0 radical (unpaired) electrons. The standard InChI is InChI=1S/C14H23NO3/c1-11(15-8-7-13(16)10-17-2)12-5-4-6-14(9-12)18-3/h4-6,9,11,13,15-16H,7-8,10H2,1-3H3. The van der Waals surface area contributed by atoms with Gasteiger partial charge in [0.05, 0.1) is 19.8 Å². The van der Waals surface area contributed by atoms with E-state index >= 15 is 0 Å². The van der Waals surface area contributed by atoms with Gasteiger partial charge in [-0.15, -0.1) is 0 Å². The van der Waals surface area contributed by atoms with Crippen molar-refractivity contribution in [2.75, 3.05) is 27.4 Å². The summed E-state index contributed by atoms with van der Waals surface area (Å²) in [6.45, 7) is 3.23. The molecule has 0 aliphatic carbocycles. The Kier molecular flexibility index (Phi) is 6.72. The first-order chi connectivity index (χ1) is 8.67. The number of methoxy groups -OCH3 is 2. The highest BCUT2D eigenvalue weighted by atomic mass is 16.5. The second kappa shape index (κ2) is 8.08.